The maximum absolute atomic E-state index is 12.8. The lowest BCUT2D eigenvalue weighted by Crippen LogP contribution is -2.43. The fourth-order valence-corrected chi connectivity index (χ4v) is 4.17. The van der Waals surface area contributed by atoms with Gasteiger partial charge in [0, 0.05) is 25.0 Å². The summed E-state index contributed by atoms with van der Waals surface area (Å²) in [6.45, 7) is 3.76. The van der Waals surface area contributed by atoms with Crippen molar-refractivity contribution in [3.8, 4) is 0 Å². The molecule has 2 aromatic heterocycles. The molecule has 10 heteroatoms. The smallest absolute Gasteiger partial charge is 0.391 e. The van der Waals surface area contributed by atoms with Gasteiger partial charge in [0.05, 0.1) is 24.0 Å². The first-order valence-electron chi connectivity index (χ1n) is 8.77. The van der Waals surface area contributed by atoms with Gasteiger partial charge >= 0.3 is 6.18 Å². The molecule has 0 aromatic carbocycles. The molecule has 2 heterocycles. The molecule has 2 aromatic rings. The number of halogens is 3. The molecule has 27 heavy (non-hydrogen) atoms. The zero-order valence-corrected chi connectivity index (χ0v) is 16.7. The maximum Gasteiger partial charge on any atom is 0.393 e. The highest BCUT2D eigenvalue weighted by molar-refractivity contribution is 7.18. The number of thiophene rings is 1. The van der Waals surface area contributed by atoms with Gasteiger partial charge < -0.3 is 21.1 Å². The summed E-state index contributed by atoms with van der Waals surface area (Å²) < 4.78 is 38.4. The topological polar surface area (TPSA) is 87.3 Å². The lowest BCUT2D eigenvalue weighted by Gasteiger charge is -2.33. The van der Waals surface area contributed by atoms with Gasteiger partial charge in [-0.2, -0.15) is 18.2 Å². The van der Waals surface area contributed by atoms with Gasteiger partial charge in [0.2, 0.25) is 5.95 Å². The Kier molecular flexibility index (Phi) is 6.87. The van der Waals surface area contributed by atoms with E-state index in [0.29, 0.717) is 34.8 Å². The fourth-order valence-electron chi connectivity index (χ4n) is 3.12. The molecular formula is C17H26F3N5OS. The van der Waals surface area contributed by atoms with Crippen LogP contribution < -0.4 is 16.0 Å². The second-order valence-electron chi connectivity index (χ2n) is 6.71. The molecule has 0 aliphatic rings. The van der Waals surface area contributed by atoms with Crippen LogP contribution >= 0.6 is 11.3 Å². The molecule has 0 radical (unpaired) electrons. The van der Waals surface area contributed by atoms with Crippen molar-refractivity contribution >= 4 is 33.3 Å². The van der Waals surface area contributed by atoms with E-state index in [0.717, 1.165) is 11.3 Å². The van der Waals surface area contributed by atoms with Crippen LogP contribution in [0.25, 0.3) is 10.2 Å². The molecule has 0 bridgehead atoms. The fraction of sp³-hybridized carbons (Fsp3) is 0.647. The number of likely N-dealkylation sites (N-methyl/N-ethyl adjacent to an activating group) is 1. The van der Waals surface area contributed by atoms with Crippen molar-refractivity contribution in [2.75, 3.05) is 24.3 Å². The third-order valence-corrected chi connectivity index (χ3v) is 5.36. The third kappa shape index (κ3) is 5.43. The number of nitrogens with zero attached hydrogens (tertiary/aromatic N) is 3. The summed E-state index contributed by atoms with van der Waals surface area (Å²) in [7, 11) is 3.43. The number of aliphatic hydroxyl groups is 1. The van der Waals surface area contributed by atoms with Crippen molar-refractivity contribution in [2.24, 2.45) is 5.73 Å². The SMILES string of the molecule is CCC(C(O)CC(C)N)N(C)c1nc(NC)nc2sc(CC(F)(F)F)cc12. The summed E-state index contributed by atoms with van der Waals surface area (Å²) in [5, 5.41) is 13.9. The van der Waals surface area contributed by atoms with Gasteiger partial charge in [0.15, 0.2) is 0 Å². The Morgan fingerprint density at radius 3 is 2.56 bits per heavy atom. The summed E-state index contributed by atoms with van der Waals surface area (Å²) in [6.07, 6.45) is -4.93. The average Bonchev–Trinajstić information content (AvgIpc) is 2.93. The van der Waals surface area contributed by atoms with Crippen molar-refractivity contribution in [1.82, 2.24) is 9.97 Å². The standard InChI is InChI=1S/C17H26F3N5OS/c1-5-12(13(26)6-9(2)21)25(4)14-11-7-10(8-17(18,19)20)27-15(11)24-16(22-3)23-14/h7,9,12-13,26H,5-6,8,21H2,1-4H3,(H,22,23,24). The van der Waals surface area contributed by atoms with Gasteiger partial charge in [-0.25, -0.2) is 4.98 Å². The highest BCUT2D eigenvalue weighted by Crippen LogP contribution is 2.35. The zero-order chi connectivity index (χ0) is 20.4. The molecule has 0 spiro atoms. The number of alkyl halides is 3. The monoisotopic (exact) mass is 405 g/mol. The van der Waals surface area contributed by atoms with Crippen LogP contribution in [-0.2, 0) is 6.42 Å². The lowest BCUT2D eigenvalue weighted by atomic mass is 10.0. The van der Waals surface area contributed by atoms with Crippen LogP contribution in [0.4, 0.5) is 24.9 Å². The molecule has 3 atom stereocenters. The molecule has 152 valence electrons. The van der Waals surface area contributed by atoms with Crippen LogP contribution in [-0.4, -0.2) is 53.5 Å². The average molecular weight is 405 g/mol. The summed E-state index contributed by atoms with van der Waals surface area (Å²) in [4.78, 5) is 11.2. The van der Waals surface area contributed by atoms with E-state index in [1.165, 1.54) is 6.07 Å². The van der Waals surface area contributed by atoms with Crippen molar-refractivity contribution in [3.05, 3.63) is 10.9 Å². The van der Waals surface area contributed by atoms with Gasteiger partial charge in [-0.3, -0.25) is 0 Å². The Morgan fingerprint density at radius 1 is 1.37 bits per heavy atom. The van der Waals surface area contributed by atoms with Gasteiger partial charge in [-0.1, -0.05) is 6.92 Å². The second kappa shape index (κ2) is 8.57. The Morgan fingerprint density at radius 2 is 2.04 bits per heavy atom. The summed E-state index contributed by atoms with van der Waals surface area (Å²) in [5.74, 6) is 0.811. The summed E-state index contributed by atoms with van der Waals surface area (Å²) >= 11 is 1.00. The molecule has 0 saturated heterocycles. The molecule has 0 fully saturated rings. The molecule has 0 saturated carbocycles. The number of hydrogen-bond donors (Lipinski definition) is 3. The number of hydrogen-bond acceptors (Lipinski definition) is 7. The minimum atomic E-state index is -4.29. The molecule has 2 rings (SSSR count). The zero-order valence-electron chi connectivity index (χ0n) is 15.8. The highest BCUT2D eigenvalue weighted by Gasteiger charge is 2.30. The Bertz CT molecular complexity index is 765. The molecular weight excluding hydrogens is 379 g/mol. The quantitative estimate of drug-likeness (QED) is 0.625. The van der Waals surface area contributed by atoms with Crippen LogP contribution in [0.1, 0.15) is 31.6 Å². The molecule has 0 aliphatic carbocycles. The van der Waals surface area contributed by atoms with Crippen LogP contribution in [0.2, 0.25) is 0 Å². The van der Waals surface area contributed by atoms with E-state index in [9.17, 15) is 18.3 Å². The predicted molar refractivity (Wildman–Crippen MR) is 103 cm³/mol. The van der Waals surface area contributed by atoms with Crippen molar-refractivity contribution in [1.29, 1.82) is 0 Å². The number of fused-ring (bicyclic) bond motifs is 1. The Balaban J connectivity index is 2.47. The van der Waals surface area contributed by atoms with Gasteiger partial charge in [0.1, 0.15) is 10.6 Å². The predicted octanol–water partition coefficient (Wildman–Crippen LogP) is 3.15. The first-order valence-corrected chi connectivity index (χ1v) is 9.58. The third-order valence-electron chi connectivity index (χ3n) is 4.33. The van der Waals surface area contributed by atoms with E-state index in [1.807, 2.05) is 18.7 Å². The first kappa shape index (κ1) is 21.6. The van der Waals surface area contributed by atoms with E-state index in [1.54, 1.807) is 14.1 Å². The van der Waals surface area contributed by atoms with Crippen LogP contribution in [0.5, 0.6) is 0 Å². The highest BCUT2D eigenvalue weighted by atomic mass is 32.1. The van der Waals surface area contributed by atoms with E-state index < -0.39 is 18.7 Å². The number of nitrogens with two attached hydrogens (primary N) is 1. The first-order chi connectivity index (χ1) is 12.6. The molecule has 0 aliphatic heterocycles. The van der Waals surface area contributed by atoms with Crippen LogP contribution in [0.15, 0.2) is 6.07 Å². The number of anilines is 2. The van der Waals surface area contributed by atoms with Gasteiger partial charge in [-0.05, 0) is 25.8 Å². The minimum absolute atomic E-state index is 0.166. The summed E-state index contributed by atoms with van der Waals surface area (Å²) in [5.41, 5.74) is 5.80. The van der Waals surface area contributed by atoms with Crippen LogP contribution in [0, 0.1) is 0 Å². The Labute approximate surface area is 160 Å². The van der Waals surface area contributed by atoms with Crippen molar-refractivity contribution in [3.63, 3.8) is 0 Å². The normalized spacial score (nSPS) is 15.6. The second-order valence-corrected chi connectivity index (χ2v) is 7.83. The van der Waals surface area contributed by atoms with E-state index in [-0.39, 0.29) is 17.0 Å². The number of aromatic nitrogens is 2. The largest absolute Gasteiger partial charge is 0.393 e. The summed E-state index contributed by atoms with van der Waals surface area (Å²) in [6, 6.07) is 1.05. The van der Waals surface area contributed by atoms with Gasteiger partial charge in [0.25, 0.3) is 0 Å². The van der Waals surface area contributed by atoms with Crippen LogP contribution in [0.3, 0.4) is 0 Å². The molecule has 6 nitrogen and oxygen atoms in total. The number of nitrogens with one attached hydrogen (secondary N) is 1. The minimum Gasteiger partial charge on any atom is -0.391 e. The van der Waals surface area contributed by atoms with Crippen molar-refractivity contribution in [2.45, 2.75) is 57.5 Å². The molecule has 4 N–H and O–H groups in total. The van der Waals surface area contributed by atoms with E-state index >= 15 is 0 Å². The van der Waals surface area contributed by atoms with E-state index in [4.69, 9.17) is 5.73 Å². The van der Waals surface area contributed by atoms with E-state index in [2.05, 4.69) is 15.3 Å². The molecule has 0 amide bonds. The van der Waals surface area contributed by atoms with Crippen molar-refractivity contribution < 1.29 is 18.3 Å². The Hall–Kier alpha value is -1.65. The van der Waals surface area contributed by atoms with Gasteiger partial charge in [-0.15, -0.1) is 11.3 Å². The molecule has 3 unspecified atom stereocenters. The maximum atomic E-state index is 12.8. The number of aliphatic hydroxyl groups excluding tert-OH is 1. The number of rotatable bonds is 8. The lowest BCUT2D eigenvalue weighted by molar-refractivity contribution is -0.126.